The predicted molar refractivity (Wildman–Crippen MR) is 88.2 cm³/mol. The van der Waals surface area contributed by atoms with Gasteiger partial charge in [0.2, 0.25) is 0 Å². The largest absolute Gasteiger partial charge is 0.380 e. The van der Waals surface area contributed by atoms with Crippen molar-refractivity contribution in [2.45, 2.75) is 20.8 Å². The lowest BCUT2D eigenvalue weighted by Gasteiger charge is -2.06. The van der Waals surface area contributed by atoms with E-state index in [1.54, 1.807) is 0 Å². The van der Waals surface area contributed by atoms with Crippen LogP contribution in [-0.4, -0.2) is 6.16 Å². The van der Waals surface area contributed by atoms with E-state index in [0.29, 0.717) is 6.16 Å². The van der Waals surface area contributed by atoms with Gasteiger partial charge in [0.05, 0.1) is 0 Å². The fourth-order valence-corrected chi connectivity index (χ4v) is 3.43. The fourth-order valence-electron chi connectivity index (χ4n) is 2.42. The number of allylic oxidation sites excluding steroid dienone is 1. The van der Waals surface area contributed by atoms with Crippen LogP contribution in [0.1, 0.15) is 22.3 Å². The third kappa shape index (κ3) is 3.65. The topological polar surface area (TPSA) is 17.1 Å². The first-order valence-corrected chi connectivity index (χ1v) is 8.26. The summed E-state index contributed by atoms with van der Waals surface area (Å²) in [6.45, 7) is 6.35. The van der Waals surface area contributed by atoms with Gasteiger partial charge < -0.3 is 0 Å². The van der Waals surface area contributed by atoms with Crippen LogP contribution in [0, 0.1) is 20.8 Å². The van der Waals surface area contributed by atoms with Gasteiger partial charge >= 0.3 is 7.80 Å². The summed E-state index contributed by atoms with van der Waals surface area (Å²) in [5.41, 5.74) is 5.07. The lowest BCUT2D eigenvalue weighted by Crippen LogP contribution is -1.95. The van der Waals surface area contributed by atoms with Crippen LogP contribution in [0.5, 0.6) is 0 Å². The van der Waals surface area contributed by atoms with Gasteiger partial charge in [-0.15, -0.1) is 0 Å². The van der Waals surface area contributed by atoms with Crippen LogP contribution in [0.4, 0.5) is 0 Å². The summed E-state index contributed by atoms with van der Waals surface area (Å²) in [5.74, 6) is 0. The summed E-state index contributed by atoms with van der Waals surface area (Å²) in [4.78, 5) is 0. The summed E-state index contributed by atoms with van der Waals surface area (Å²) in [5, 5.41) is 0.921. The third-order valence-electron chi connectivity index (χ3n) is 3.34. The van der Waals surface area contributed by atoms with Crippen molar-refractivity contribution >= 4 is 19.2 Å². The minimum absolute atomic E-state index is 0.589. The molecule has 20 heavy (non-hydrogen) atoms. The van der Waals surface area contributed by atoms with Crippen molar-refractivity contribution in [2.75, 3.05) is 6.16 Å². The van der Waals surface area contributed by atoms with Crippen LogP contribution in [-0.2, 0) is 4.57 Å². The van der Waals surface area contributed by atoms with E-state index in [9.17, 15) is 4.57 Å². The lowest BCUT2D eigenvalue weighted by molar-refractivity contribution is 0.594. The number of hydrogen-bond donors (Lipinski definition) is 0. The molecule has 2 aromatic rings. The number of benzene rings is 2. The molecule has 102 valence electrons. The fraction of sp³-hybridized carbons (Fsp3) is 0.222. The van der Waals surface area contributed by atoms with E-state index in [-0.39, 0.29) is 0 Å². The number of hydrogen-bond acceptors (Lipinski definition) is 1. The molecule has 0 fully saturated rings. The highest BCUT2D eigenvalue weighted by Gasteiger charge is 2.16. The molecule has 0 N–H and O–H groups in total. The molecule has 0 saturated carbocycles. The monoisotopic (exact) mass is 283 g/mol. The van der Waals surface area contributed by atoms with E-state index in [0.717, 1.165) is 5.30 Å². The van der Waals surface area contributed by atoms with Crippen molar-refractivity contribution < 1.29 is 4.57 Å². The molecule has 1 atom stereocenters. The minimum atomic E-state index is -1.33. The van der Waals surface area contributed by atoms with Gasteiger partial charge in [0, 0.05) is 0 Å². The Hall–Kier alpha value is -1.72. The Kier molecular flexibility index (Phi) is 4.87. The first kappa shape index (κ1) is 14.7. The average molecular weight is 283 g/mol. The number of aryl methyl sites for hydroxylation is 3. The molecule has 2 rings (SSSR count). The zero-order valence-corrected chi connectivity index (χ0v) is 13.2. The normalized spacial score (nSPS) is 11.8. The SMILES string of the molecule is Cc1cc(C)c(C=CC[P+](=O)c2ccccc2)c(C)c1. The molecule has 0 radical (unpaired) electrons. The second-order valence-corrected chi connectivity index (χ2v) is 6.75. The van der Waals surface area contributed by atoms with Crippen LogP contribution in [0.25, 0.3) is 6.08 Å². The molecule has 0 saturated heterocycles. The van der Waals surface area contributed by atoms with Crippen molar-refractivity contribution in [1.82, 2.24) is 0 Å². The van der Waals surface area contributed by atoms with Crippen LogP contribution in [0.15, 0.2) is 48.5 Å². The maximum Gasteiger partial charge on any atom is 0.380 e. The number of rotatable bonds is 4. The van der Waals surface area contributed by atoms with E-state index >= 15 is 0 Å². The average Bonchev–Trinajstić information content (AvgIpc) is 2.42. The van der Waals surface area contributed by atoms with Gasteiger partial charge in [-0.25, -0.2) is 0 Å². The van der Waals surface area contributed by atoms with Gasteiger partial charge in [-0.2, -0.15) is 0 Å². The van der Waals surface area contributed by atoms with Gasteiger partial charge in [-0.05, 0) is 55.7 Å². The zero-order valence-electron chi connectivity index (χ0n) is 12.3. The van der Waals surface area contributed by atoms with E-state index in [1.807, 2.05) is 36.4 Å². The first-order valence-electron chi connectivity index (χ1n) is 6.82. The molecular formula is C18H20OP+. The van der Waals surface area contributed by atoms with Crippen molar-refractivity contribution in [3.63, 3.8) is 0 Å². The minimum Gasteiger partial charge on any atom is -0.0677 e. The maximum atomic E-state index is 12.2. The van der Waals surface area contributed by atoms with Gasteiger partial charge in [0.15, 0.2) is 11.5 Å². The van der Waals surface area contributed by atoms with E-state index < -0.39 is 7.80 Å². The van der Waals surface area contributed by atoms with E-state index in [1.165, 1.54) is 22.3 Å². The molecule has 0 heterocycles. The van der Waals surface area contributed by atoms with Gasteiger partial charge in [0.25, 0.3) is 0 Å². The second kappa shape index (κ2) is 6.63. The Morgan fingerprint density at radius 1 is 1.00 bits per heavy atom. The molecule has 0 aromatic heterocycles. The first-order chi connectivity index (χ1) is 9.58. The molecule has 2 aromatic carbocycles. The molecule has 0 spiro atoms. The van der Waals surface area contributed by atoms with Crippen LogP contribution in [0.2, 0.25) is 0 Å². The van der Waals surface area contributed by atoms with Crippen LogP contribution >= 0.6 is 7.80 Å². The molecule has 0 aliphatic rings. The van der Waals surface area contributed by atoms with Crippen LogP contribution < -0.4 is 5.30 Å². The molecule has 2 heteroatoms. The molecule has 0 aliphatic heterocycles. The molecule has 0 bridgehead atoms. The summed E-state index contributed by atoms with van der Waals surface area (Å²) >= 11 is 0. The van der Waals surface area contributed by atoms with Crippen molar-refractivity contribution in [2.24, 2.45) is 0 Å². The van der Waals surface area contributed by atoms with Crippen molar-refractivity contribution in [1.29, 1.82) is 0 Å². The summed E-state index contributed by atoms with van der Waals surface area (Å²) < 4.78 is 12.2. The molecule has 0 amide bonds. The highest BCUT2D eigenvalue weighted by Crippen LogP contribution is 2.22. The van der Waals surface area contributed by atoms with E-state index in [2.05, 4.69) is 39.0 Å². The van der Waals surface area contributed by atoms with E-state index in [4.69, 9.17) is 0 Å². The Morgan fingerprint density at radius 2 is 1.60 bits per heavy atom. The maximum absolute atomic E-state index is 12.2. The van der Waals surface area contributed by atoms with Gasteiger partial charge in [-0.1, -0.05) is 46.5 Å². The molecular weight excluding hydrogens is 263 g/mol. The molecule has 0 aliphatic carbocycles. The zero-order chi connectivity index (χ0) is 14.5. The standard InChI is InChI=1S/C18H20OP/c1-14-12-15(2)18(16(3)13-14)10-7-11-20(19)17-8-5-4-6-9-17/h4-10,12-13H,11H2,1-3H3/q+1. The predicted octanol–water partition coefficient (Wildman–Crippen LogP) is 4.78. The smallest absolute Gasteiger partial charge is 0.0677 e. The van der Waals surface area contributed by atoms with Gasteiger partial charge in [0.1, 0.15) is 0 Å². The Balaban J connectivity index is 2.10. The second-order valence-electron chi connectivity index (χ2n) is 5.11. The third-order valence-corrected chi connectivity index (χ3v) is 4.75. The summed E-state index contributed by atoms with van der Waals surface area (Å²) in [7, 11) is -1.33. The highest BCUT2D eigenvalue weighted by atomic mass is 31.1. The Bertz CT molecular complexity index is 619. The van der Waals surface area contributed by atoms with Crippen molar-refractivity contribution in [3.8, 4) is 0 Å². The molecule has 1 nitrogen and oxygen atoms in total. The summed E-state index contributed by atoms with van der Waals surface area (Å²) in [6.07, 6.45) is 4.71. The Morgan fingerprint density at radius 3 is 2.20 bits per heavy atom. The quantitative estimate of drug-likeness (QED) is 0.738. The summed E-state index contributed by atoms with van der Waals surface area (Å²) in [6, 6.07) is 14.0. The van der Waals surface area contributed by atoms with Crippen molar-refractivity contribution in [3.05, 3.63) is 70.8 Å². The highest BCUT2D eigenvalue weighted by molar-refractivity contribution is 7.53. The Labute approximate surface area is 122 Å². The van der Waals surface area contributed by atoms with Crippen LogP contribution in [0.3, 0.4) is 0 Å². The lowest BCUT2D eigenvalue weighted by atomic mass is 10.00. The molecule has 1 unspecified atom stereocenters. The van der Waals surface area contributed by atoms with Gasteiger partial charge in [-0.3, -0.25) is 0 Å².